The van der Waals surface area contributed by atoms with E-state index in [9.17, 15) is 4.79 Å². The van der Waals surface area contributed by atoms with E-state index in [2.05, 4.69) is 27.6 Å². The molecule has 0 radical (unpaired) electrons. The lowest BCUT2D eigenvalue weighted by Crippen LogP contribution is -2.27. The Morgan fingerprint density at radius 2 is 2.14 bits per heavy atom. The number of nitrogens with zero attached hydrogens (tertiary/aromatic N) is 3. The molecule has 1 aromatic heterocycles. The second kappa shape index (κ2) is 8.58. The molecule has 0 aliphatic carbocycles. The summed E-state index contributed by atoms with van der Waals surface area (Å²) in [5.41, 5.74) is 1.30. The number of aromatic nitrogens is 3. The van der Waals surface area contributed by atoms with Crippen LogP contribution in [0.15, 0.2) is 41.8 Å². The Morgan fingerprint density at radius 3 is 2.86 bits per heavy atom. The molecule has 0 saturated heterocycles. The number of nitrogens with one attached hydrogen (secondary N) is 1. The predicted molar refractivity (Wildman–Crippen MR) is 86.5 cm³/mol. The third-order valence-corrected chi connectivity index (χ3v) is 4.54. The number of nitrogen functional groups attached to an aromatic ring is 1. The maximum Gasteiger partial charge on any atom is 0.230 e. The first-order valence-electron chi connectivity index (χ1n) is 6.42. The van der Waals surface area contributed by atoms with Crippen LogP contribution in [-0.4, -0.2) is 38.8 Å². The molecule has 6 nitrogen and oxygen atoms in total. The standard InChI is InChI=1S/C13H17N5OS2/c14-18-10-16-17-13(18)21-9-12(19)15-6-7-20-8-11-4-2-1-3-5-11/h1-5,10H,6-9,14H2,(H,15,19). The van der Waals surface area contributed by atoms with Gasteiger partial charge in [0, 0.05) is 18.1 Å². The highest BCUT2D eigenvalue weighted by atomic mass is 32.2. The maximum absolute atomic E-state index is 11.6. The van der Waals surface area contributed by atoms with Gasteiger partial charge in [-0.1, -0.05) is 42.1 Å². The van der Waals surface area contributed by atoms with E-state index in [4.69, 9.17) is 5.84 Å². The summed E-state index contributed by atoms with van der Waals surface area (Å²) in [6, 6.07) is 10.3. The van der Waals surface area contributed by atoms with E-state index in [1.54, 1.807) is 11.8 Å². The second-order valence-corrected chi connectivity index (χ2v) is 6.25. The molecule has 0 aliphatic heterocycles. The zero-order chi connectivity index (χ0) is 14.9. The van der Waals surface area contributed by atoms with Crippen LogP contribution in [0, 0.1) is 0 Å². The monoisotopic (exact) mass is 323 g/mol. The Hall–Kier alpha value is -1.67. The first-order valence-corrected chi connectivity index (χ1v) is 8.56. The largest absolute Gasteiger partial charge is 0.355 e. The van der Waals surface area contributed by atoms with Crippen LogP contribution in [0.4, 0.5) is 0 Å². The predicted octanol–water partition coefficient (Wildman–Crippen LogP) is 1.13. The Morgan fingerprint density at radius 1 is 1.33 bits per heavy atom. The van der Waals surface area contributed by atoms with Gasteiger partial charge in [-0.15, -0.1) is 10.2 Å². The molecule has 0 spiro atoms. The van der Waals surface area contributed by atoms with Crippen molar-refractivity contribution in [3.05, 3.63) is 42.2 Å². The highest BCUT2D eigenvalue weighted by molar-refractivity contribution is 7.99. The molecule has 2 rings (SSSR count). The molecule has 1 aromatic carbocycles. The van der Waals surface area contributed by atoms with Crippen molar-refractivity contribution in [2.24, 2.45) is 0 Å². The molecule has 112 valence electrons. The maximum atomic E-state index is 11.6. The minimum absolute atomic E-state index is 0.0247. The molecule has 2 aromatic rings. The van der Waals surface area contributed by atoms with E-state index in [0.29, 0.717) is 17.5 Å². The summed E-state index contributed by atoms with van der Waals surface area (Å²) in [5, 5.41) is 10.8. The first kappa shape index (κ1) is 15.7. The topological polar surface area (TPSA) is 85.8 Å². The van der Waals surface area contributed by atoms with Crippen LogP contribution in [0.5, 0.6) is 0 Å². The van der Waals surface area contributed by atoms with Gasteiger partial charge in [-0.05, 0) is 5.56 Å². The molecule has 0 aliphatic rings. The third-order valence-electron chi connectivity index (χ3n) is 2.55. The van der Waals surface area contributed by atoms with E-state index in [-0.39, 0.29) is 5.91 Å². The molecule has 0 unspecified atom stereocenters. The highest BCUT2D eigenvalue weighted by Gasteiger charge is 2.06. The van der Waals surface area contributed by atoms with Gasteiger partial charge in [0.2, 0.25) is 11.1 Å². The lowest BCUT2D eigenvalue weighted by Gasteiger charge is -2.05. The van der Waals surface area contributed by atoms with Crippen molar-refractivity contribution in [3.63, 3.8) is 0 Å². The smallest absolute Gasteiger partial charge is 0.230 e. The quantitative estimate of drug-likeness (QED) is 0.430. The molecule has 8 heteroatoms. The minimum atomic E-state index is -0.0247. The van der Waals surface area contributed by atoms with Gasteiger partial charge in [-0.25, -0.2) is 4.68 Å². The molecule has 1 amide bonds. The van der Waals surface area contributed by atoms with Crippen LogP contribution in [-0.2, 0) is 10.5 Å². The van der Waals surface area contributed by atoms with Gasteiger partial charge in [0.15, 0.2) is 0 Å². The molecule has 0 saturated carbocycles. The lowest BCUT2D eigenvalue weighted by molar-refractivity contribution is -0.118. The van der Waals surface area contributed by atoms with Crippen molar-refractivity contribution in [1.82, 2.24) is 20.2 Å². The van der Waals surface area contributed by atoms with Crippen molar-refractivity contribution in [2.75, 3.05) is 23.9 Å². The number of hydrogen-bond donors (Lipinski definition) is 2. The molecular weight excluding hydrogens is 306 g/mol. The fraction of sp³-hybridized carbons (Fsp3) is 0.308. The summed E-state index contributed by atoms with van der Waals surface area (Å²) < 4.78 is 1.30. The van der Waals surface area contributed by atoms with E-state index < -0.39 is 0 Å². The average molecular weight is 323 g/mol. The van der Waals surface area contributed by atoms with Crippen LogP contribution in [0.25, 0.3) is 0 Å². The average Bonchev–Trinajstić information content (AvgIpc) is 2.91. The van der Waals surface area contributed by atoms with E-state index in [1.165, 1.54) is 28.3 Å². The van der Waals surface area contributed by atoms with Gasteiger partial charge in [-0.3, -0.25) is 4.79 Å². The molecule has 0 bridgehead atoms. The summed E-state index contributed by atoms with van der Waals surface area (Å²) in [7, 11) is 0. The first-order chi connectivity index (χ1) is 10.3. The van der Waals surface area contributed by atoms with Gasteiger partial charge >= 0.3 is 0 Å². The SMILES string of the molecule is Nn1cnnc1SCC(=O)NCCSCc1ccccc1. The number of nitrogens with two attached hydrogens (primary N) is 1. The Bertz CT molecular complexity index is 561. The summed E-state index contributed by atoms with van der Waals surface area (Å²) >= 11 is 3.07. The molecule has 0 atom stereocenters. The fourth-order valence-electron chi connectivity index (χ4n) is 1.54. The number of hydrogen-bond acceptors (Lipinski definition) is 6. The number of benzene rings is 1. The van der Waals surface area contributed by atoms with Crippen LogP contribution in [0.3, 0.4) is 0 Å². The third kappa shape index (κ3) is 5.68. The Kier molecular flexibility index (Phi) is 6.42. The van der Waals surface area contributed by atoms with Crippen molar-refractivity contribution in [2.45, 2.75) is 10.9 Å². The molecule has 1 heterocycles. The van der Waals surface area contributed by atoms with Crippen molar-refractivity contribution >= 4 is 29.4 Å². The second-order valence-electron chi connectivity index (χ2n) is 4.20. The lowest BCUT2D eigenvalue weighted by atomic mass is 10.2. The minimum Gasteiger partial charge on any atom is -0.355 e. The molecule has 0 fully saturated rings. The Labute approximate surface area is 131 Å². The van der Waals surface area contributed by atoms with Crippen molar-refractivity contribution in [1.29, 1.82) is 0 Å². The summed E-state index contributed by atoms with van der Waals surface area (Å²) in [4.78, 5) is 11.6. The van der Waals surface area contributed by atoms with Gasteiger partial charge in [0.1, 0.15) is 6.33 Å². The fourth-order valence-corrected chi connectivity index (χ4v) is 3.03. The Balaban J connectivity index is 1.54. The van der Waals surface area contributed by atoms with E-state index >= 15 is 0 Å². The number of amides is 1. The van der Waals surface area contributed by atoms with E-state index in [0.717, 1.165) is 11.5 Å². The summed E-state index contributed by atoms with van der Waals surface area (Å²) in [6.07, 6.45) is 1.40. The van der Waals surface area contributed by atoms with Crippen LogP contribution < -0.4 is 11.2 Å². The summed E-state index contributed by atoms with van der Waals surface area (Å²) in [5.74, 6) is 7.67. The normalized spacial score (nSPS) is 10.5. The molecule has 21 heavy (non-hydrogen) atoms. The molecular formula is C13H17N5OS2. The van der Waals surface area contributed by atoms with Crippen LogP contribution in [0.1, 0.15) is 5.56 Å². The number of carbonyl (C=O) groups is 1. The van der Waals surface area contributed by atoms with E-state index in [1.807, 2.05) is 18.2 Å². The highest BCUT2D eigenvalue weighted by Crippen LogP contribution is 2.12. The van der Waals surface area contributed by atoms with Gasteiger partial charge in [-0.2, -0.15) is 11.8 Å². The van der Waals surface area contributed by atoms with Crippen molar-refractivity contribution in [3.8, 4) is 0 Å². The summed E-state index contributed by atoms with van der Waals surface area (Å²) in [6.45, 7) is 0.659. The van der Waals surface area contributed by atoms with Crippen LogP contribution >= 0.6 is 23.5 Å². The number of rotatable bonds is 8. The van der Waals surface area contributed by atoms with Gasteiger partial charge in [0.25, 0.3) is 0 Å². The van der Waals surface area contributed by atoms with Gasteiger partial charge in [0.05, 0.1) is 5.75 Å². The zero-order valence-corrected chi connectivity index (χ0v) is 13.1. The van der Waals surface area contributed by atoms with Gasteiger partial charge < -0.3 is 11.2 Å². The number of thioether (sulfide) groups is 2. The zero-order valence-electron chi connectivity index (χ0n) is 11.4. The molecule has 3 N–H and O–H groups in total. The van der Waals surface area contributed by atoms with Crippen LogP contribution in [0.2, 0.25) is 0 Å². The van der Waals surface area contributed by atoms with Crippen molar-refractivity contribution < 1.29 is 4.79 Å². The number of carbonyl (C=O) groups excluding carboxylic acids is 1.